The van der Waals surface area contributed by atoms with Crippen molar-refractivity contribution < 1.29 is 9.72 Å². The summed E-state index contributed by atoms with van der Waals surface area (Å²) in [5, 5.41) is 13.4. The zero-order valence-corrected chi connectivity index (χ0v) is 11.2. The van der Waals surface area contributed by atoms with Gasteiger partial charge in [0.15, 0.2) is 0 Å². The molecule has 1 N–H and O–H groups in total. The Balaban J connectivity index is 2.32. The summed E-state index contributed by atoms with van der Waals surface area (Å²) in [4.78, 5) is 26.3. The molecule has 0 saturated heterocycles. The second-order valence-corrected chi connectivity index (χ2v) is 4.45. The van der Waals surface area contributed by atoms with Crippen LogP contribution < -0.4 is 5.32 Å². The number of anilines is 1. The number of benzene rings is 1. The third-order valence-corrected chi connectivity index (χ3v) is 2.98. The van der Waals surface area contributed by atoms with E-state index in [2.05, 4.69) is 10.3 Å². The van der Waals surface area contributed by atoms with Crippen molar-refractivity contribution >= 4 is 29.0 Å². The predicted octanol–water partition coefficient (Wildman–Crippen LogP) is 3.20. The number of amides is 1. The Bertz CT molecular complexity index is 688. The molecule has 7 heteroatoms. The van der Waals surface area contributed by atoms with Gasteiger partial charge in [0.25, 0.3) is 11.6 Å². The van der Waals surface area contributed by atoms with Gasteiger partial charge in [-0.3, -0.25) is 14.9 Å². The van der Waals surface area contributed by atoms with E-state index in [1.807, 2.05) is 0 Å². The highest BCUT2D eigenvalue weighted by Crippen LogP contribution is 2.23. The van der Waals surface area contributed by atoms with Crippen LogP contribution in [-0.4, -0.2) is 15.8 Å². The number of carbonyl (C=O) groups is 1. The molecule has 0 fully saturated rings. The molecule has 0 atom stereocenters. The van der Waals surface area contributed by atoms with Gasteiger partial charge in [0.2, 0.25) is 0 Å². The van der Waals surface area contributed by atoms with Crippen LogP contribution in [0, 0.1) is 17.0 Å². The number of aryl methyl sites for hydroxylation is 1. The summed E-state index contributed by atoms with van der Waals surface area (Å²) in [6.07, 6.45) is 1.54. The third-order valence-electron chi connectivity index (χ3n) is 2.65. The standard InChI is InChI=1S/C13H10ClN3O3/c1-8-3-2-6-15-12(8)16-13(18)10-7-9(17(19)20)4-5-11(10)14/h2-7H,1H3,(H,15,16,18). The largest absolute Gasteiger partial charge is 0.306 e. The monoisotopic (exact) mass is 291 g/mol. The van der Waals surface area contributed by atoms with E-state index in [9.17, 15) is 14.9 Å². The zero-order chi connectivity index (χ0) is 14.7. The molecule has 0 aliphatic rings. The quantitative estimate of drug-likeness (QED) is 0.695. The lowest BCUT2D eigenvalue weighted by Gasteiger charge is -2.08. The van der Waals surface area contributed by atoms with Crippen LogP contribution in [0.3, 0.4) is 0 Å². The second kappa shape index (κ2) is 5.66. The molecule has 0 bridgehead atoms. The number of carbonyl (C=O) groups excluding carboxylic acids is 1. The third kappa shape index (κ3) is 2.92. The van der Waals surface area contributed by atoms with Gasteiger partial charge in [-0.1, -0.05) is 17.7 Å². The molecular formula is C13H10ClN3O3. The summed E-state index contributed by atoms with van der Waals surface area (Å²) in [7, 11) is 0. The summed E-state index contributed by atoms with van der Waals surface area (Å²) >= 11 is 5.90. The molecule has 20 heavy (non-hydrogen) atoms. The summed E-state index contributed by atoms with van der Waals surface area (Å²) < 4.78 is 0. The first-order valence-electron chi connectivity index (χ1n) is 5.66. The summed E-state index contributed by atoms with van der Waals surface area (Å²) in [6.45, 7) is 1.79. The normalized spacial score (nSPS) is 10.1. The average Bonchev–Trinajstić information content (AvgIpc) is 2.41. The van der Waals surface area contributed by atoms with Gasteiger partial charge >= 0.3 is 0 Å². The molecule has 1 amide bonds. The maximum atomic E-state index is 12.1. The number of hydrogen-bond acceptors (Lipinski definition) is 4. The number of rotatable bonds is 3. The molecule has 0 unspecified atom stereocenters. The molecule has 1 aromatic heterocycles. The molecule has 1 heterocycles. The van der Waals surface area contributed by atoms with Crippen molar-refractivity contribution in [2.45, 2.75) is 6.92 Å². The molecule has 0 spiro atoms. The first-order chi connectivity index (χ1) is 9.49. The van der Waals surface area contributed by atoms with Crippen molar-refractivity contribution in [3.63, 3.8) is 0 Å². The van der Waals surface area contributed by atoms with E-state index in [0.717, 1.165) is 11.6 Å². The van der Waals surface area contributed by atoms with Crippen molar-refractivity contribution in [1.29, 1.82) is 0 Å². The lowest BCUT2D eigenvalue weighted by Crippen LogP contribution is -2.14. The SMILES string of the molecule is Cc1cccnc1NC(=O)c1cc([N+](=O)[O-])ccc1Cl. The minimum Gasteiger partial charge on any atom is -0.306 e. The van der Waals surface area contributed by atoms with Crippen LogP contribution in [0.25, 0.3) is 0 Å². The Kier molecular flexibility index (Phi) is 3.95. The summed E-state index contributed by atoms with van der Waals surface area (Å²) in [6, 6.07) is 7.23. The van der Waals surface area contributed by atoms with Gasteiger partial charge in [-0.05, 0) is 24.6 Å². The van der Waals surface area contributed by atoms with Crippen LogP contribution in [0.5, 0.6) is 0 Å². The lowest BCUT2D eigenvalue weighted by molar-refractivity contribution is -0.384. The van der Waals surface area contributed by atoms with E-state index >= 15 is 0 Å². The number of aromatic nitrogens is 1. The van der Waals surface area contributed by atoms with E-state index in [1.165, 1.54) is 18.3 Å². The van der Waals surface area contributed by atoms with Gasteiger partial charge < -0.3 is 5.32 Å². The highest BCUT2D eigenvalue weighted by molar-refractivity contribution is 6.34. The molecule has 2 aromatic rings. The van der Waals surface area contributed by atoms with Crippen LogP contribution in [0.4, 0.5) is 11.5 Å². The molecule has 0 saturated carbocycles. The number of nitro groups is 1. The highest BCUT2D eigenvalue weighted by atomic mass is 35.5. The number of non-ortho nitro benzene ring substituents is 1. The molecule has 6 nitrogen and oxygen atoms in total. The molecule has 2 rings (SSSR count). The van der Waals surface area contributed by atoms with Gasteiger partial charge in [0.05, 0.1) is 15.5 Å². The fraction of sp³-hybridized carbons (Fsp3) is 0.0769. The number of halogens is 1. The highest BCUT2D eigenvalue weighted by Gasteiger charge is 2.16. The number of nitrogens with zero attached hydrogens (tertiary/aromatic N) is 2. The minimum atomic E-state index is -0.584. The van der Waals surface area contributed by atoms with E-state index in [4.69, 9.17) is 11.6 Å². The fourth-order valence-corrected chi connectivity index (χ4v) is 1.80. The Morgan fingerprint density at radius 3 is 2.80 bits per heavy atom. The molecule has 102 valence electrons. The molecule has 1 aromatic carbocycles. The van der Waals surface area contributed by atoms with Gasteiger partial charge in [0.1, 0.15) is 5.82 Å². The Morgan fingerprint density at radius 1 is 1.40 bits per heavy atom. The maximum Gasteiger partial charge on any atom is 0.270 e. The number of pyridine rings is 1. The van der Waals surface area contributed by atoms with Crippen molar-refractivity contribution in [3.05, 3.63) is 62.8 Å². The van der Waals surface area contributed by atoms with Crippen LogP contribution in [-0.2, 0) is 0 Å². The first kappa shape index (κ1) is 14.0. The van der Waals surface area contributed by atoms with Gasteiger partial charge in [-0.25, -0.2) is 4.98 Å². The molecular weight excluding hydrogens is 282 g/mol. The Morgan fingerprint density at radius 2 is 2.15 bits per heavy atom. The molecule has 0 aliphatic carbocycles. The van der Waals surface area contributed by atoms with Gasteiger partial charge in [-0.15, -0.1) is 0 Å². The minimum absolute atomic E-state index is 0.0333. The number of hydrogen-bond donors (Lipinski definition) is 1. The van der Waals surface area contributed by atoms with Crippen molar-refractivity contribution in [2.24, 2.45) is 0 Å². The van der Waals surface area contributed by atoms with E-state index in [1.54, 1.807) is 19.1 Å². The smallest absolute Gasteiger partial charge is 0.270 e. The number of nitro benzene ring substituents is 1. The van der Waals surface area contributed by atoms with Gasteiger partial charge in [0, 0.05) is 18.3 Å². The van der Waals surface area contributed by atoms with Crippen LogP contribution in [0.15, 0.2) is 36.5 Å². The fourth-order valence-electron chi connectivity index (χ4n) is 1.59. The van der Waals surface area contributed by atoms with Crippen molar-refractivity contribution in [3.8, 4) is 0 Å². The topological polar surface area (TPSA) is 85.1 Å². The zero-order valence-electron chi connectivity index (χ0n) is 10.5. The maximum absolute atomic E-state index is 12.1. The van der Waals surface area contributed by atoms with Gasteiger partial charge in [-0.2, -0.15) is 0 Å². The van der Waals surface area contributed by atoms with Crippen molar-refractivity contribution in [2.75, 3.05) is 5.32 Å². The first-order valence-corrected chi connectivity index (χ1v) is 6.04. The molecule has 0 aliphatic heterocycles. The Labute approximate surface area is 119 Å². The second-order valence-electron chi connectivity index (χ2n) is 4.04. The van der Waals surface area contributed by atoms with Crippen LogP contribution in [0.2, 0.25) is 5.02 Å². The van der Waals surface area contributed by atoms with Crippen LogP contribution >= 0.6 is 11.6 Å². The summed E-state index contributed by atoms with van der Waals surface area (Å²) in [5.74, 6) is -0.152. The average molecular weight is 292 g/mol. The van der Waals surface area contributed by atoms with Crippen LogP contribution in [0.1, 0.15) is 15.9 Å². The predicted molar refractivity (Wildman–Crippen MR) is 75.0 cm³/mol. The van der Waals surface area contributed by atoms with E-state index in [-0.39, 0.29) is 16.3 Å². The van der Waals surface area contributed by atoms with E-state index in [0.29, 0.717) is 5.82 Å². The molecule has 0 radical (unpaired) electrons. The van der Waals surface area contributed by atoms with Crippen molar-refractivity contribution in [1.82, 2.24) is 4.98 Å². The number of nitrogens with one attached hydrogen (secondary N) is 1. The van der Waals surface area contributed by atoms with E-state index < -0.39 is 10.8 Å². The Hall–Kier alpha value is -2.47. The lowest BCUT2D eigenvalue weighted by atomic mass is 10.2. The summed E-state index contributed by atoms with van der Waals surface area (Å²) in [5.41, 5.74) is 0.616.